The first-order valence-corrected chi connectivity index (χ1v) is 7.03. The Balaban J connectivity index is 1.67. The average Bonchev–Trinajstić information content (AvgIpc) is 2.95. The van der Waals surface area contributed by atoms with Crippen LogP contribution in [0, 0.1) is 6.92 Å². The Kier molecular flexibility index (Phi) is 3.62. The van der Waals surface area contributed by atoms with Gasteiger partial charge in [-0.25, -0.2) is 0 Å². The Morgan fingerprint density at radius 1 is 1.19 bits per heavy atom. The average molecular weight is 282 g/mol. The van der Waals surface area contributed by atoms with Gasteiger partial charge < -0.3 is 15.7 Å². The number of carbonyl (C=O) groups is 1. The molecule has 0 unspecified atom stereocenters. The third kappa shape index (κ3) is 2.90. The molecule has 1 amide bonds. The van der Waals surface area contributed by atoms with E-state index in [0.29, 0.717) is 12.1 Å². The van der Waals surface area contributed by atoms with E-state index in [9.17, 15) is 9.90 Å². The molecule has 0 radical (unpaired) electrons. The summed E-state index contributed by atoms with van der Waals surface area (Å²) in [6.45, 7) is 4.10. The highest BCUT2D eigenvalue weighted by Crippen LogP contribution is 2.18. The second-order valence-electron chi connectivity index (χ2n) is 5.39. The smallest absolute Gasteiger partial charge is 0.251 e. The number of aryl methyl sites for hydroxylation is 1. The van der Waals surface area contributed by atoms with Crippen molar-refractivity contribution in [3.05, 3.63) is 64.2 Å². The van der Waals surface area contributed by atoms with Crippen LogP contribution in [0.5, 0.6) is 5.75 Å². The summed E-state index contributed by atoms with van der Waals surface area (Å²) < 4.78 is 0. The van der Waals surface area contributed by atoms with Crippen molar-refractivity contribution in [3.63, 3.8) is 0 Å². The highest BCUT2D eigenvalue weighted by Gasteiger charge is 2.11. The first-order chi connectivity index (χ1) is 10.1. The van der Waals surface area contributed by atoms with Gasteiger partial charge in [0.1, 0.15) is 5.75 Å². The number of amides is 1. The molecular formula is C17H18N2O2. The second kappa shape index (κ2) is 5.58. The van der Waals surface area contributed by atoms with Gasteiger partial charge in [0.2, 0.25) is 0 Å². The zero-order valence-corrected chi connectivity index (χ0v) is 11.9. The summed E-state index contributed by atoms with van der Waals surface area (Å²) in [5.41, 5.74) is 4.95. The van der Waals surface area contributed by atoms with Gasteiger partial charge in [0.25, 0.3) is 5.91 Å². The third-order valence-corrected chi connectivity index (χ3v) is 3.83. The fraction of sp³-hybridized carbons (Fsp3) is 0.235. The van der Waals surface area contributed by atoms with Crippen LogP contribution in [0.4, 0.5) is 0 Å². The molecule has 2 aromatic carbocycles. The quantitative estimate of drug-likeness (QED) is 0.809. The monoisotopic (exact) mass is 282 g/mol. The van der Waals surface area contributed by atoms with Crippen molar-refractivity contribution >= 4 is 5.91 Å². The zero-order valence-electron chi connectivity index (χ0n) is 11.9. The van der Waals surface area contributed by atoms with Gasteiger partial charge in [0, 0.05) is 25.2 Å². The summed E-state index contributed by atoms with van der Waals surface area (Å²) in [5, 5.41) is 15.8. The summed E-state index contributed by atoms with van der Waals surface area (Å²) in [6.07, 6.45) is 0. The number of aromatic hydroxyl groups is 1. The number of benzene rings is 2. The number of nitrogens with one attached hydrogen (secondary N) is 2. The third-order valence-electron chi connectivity index (χ3n) is 3.83. The van der Waals surface area contributed by atoms with Crippen LogP contribution in [-0.4, -0.2) is 11.0 Å². The second-order valence-corrected chi connectivity index (χ2v) is 5.39. The van der Waals surface area contributed by atoms with Crippen molar-refractivity contribution < 1.29 is 9.90 Å². The molecule has 0 aromatic heterocycles. The number of fused-ring (bicyclic) bond motifs is 1. The largest absolute Gasteiger partial charge is 0.508 e. The molecule has 0 fully saturated rings. The van der Waals surface area contributed by atoms with Crippen LogP contribution in [-0.2, 0) is 19.6 Å². The van der Waals surface area contributed by atoms with E-state index in [2.05, 4.69) is 22.8 Å². The number of carbonyl (C=O) groups excluding carboxylic acids is 1. The molecule has 0 saturated heterocycles. The van der Waals surface area contributed by atoms with Gasteiger partial charge in [-0.1, -0.05) is 24.3 Å². The first-order valence-electron chi connectivity index (χ1n) is 7.03. The number of phenols is 1. The fourth-order valence-corrected chi connectivity index (χ4v) is 2.49. The molecule has 2 aromatic rings. The Bertz CT molecular complexity index is 695. The maximum absolute atomic E-state index is 12.1. The zero-order chi connectivity index (χ0) is 14.8. The summed E-state index contributed by atoms with van der Waals surface area (Å²) in [4.78, 5) is 12.1. The van der Waals surface area contributed by atoms with E-state index in [4.69, 9.17) is 0 Å². The van der Waals surface area contributed by atoms with E-state index >= 15 is 0 Å². The minimum absolute atomic E-state index is 0.145. The number of hydrogen-bond acceptors (Lipinski definition) is 3. The van der Waals surface area contributed by atoms with Crippen molar-refractivity contribution in [1.29, 1.82) is 0 Å². The van der Waals surface area contributed by atoms with E-state index in [1.165, 1.54) is 17.2 Å². The maximum Gasteiger partial charge on any atom is 0.251 e. The van der Waals surface area contributed by atoms with Gasteiger partial charge in [-0.15, -0.1) is 0 Å². The molecule has 3 N–H and O–H groups in total. The van der Waals surface area contributed by atoms with E-state index < -0.39 is 0 Å². The van der Waals surface area contributed by atoms with Crippen molar-refractivity contribution in [1.82, 2.24) is 10.6 Å². The minimum atomic E-state index is -0.177. The maximum atomic E-state index is 12.1. The number of rotatable bonds is 3. The normalized spacial score (nSPS) is 13.0. The Morgan fingerprint density at radius 2 is 2.00 bits per heavy atom. The van der Waals surface area contributed by atoms with Crippen LogP contribution in [0.3, 0.4) is 0 Å². The predicted molar refractivity (Wildman–Crippen MR) is 81.0 cm³/mol. The van der Waals surface area contributed by atoms with Gasteiger partial charge in [-0.3, -0.25) is 4.79 Å². The Morgan fingerprint density at radius 3 is 2.81 bits per heavy atom. The van der Waals surface area contributed by atoms with Gasteiger partial charge >= 0.3 is 0 Å². The van der Waals surface area contributed by atoms with Gasteiger partial charge in [0.05, 0.1) is 0 Å². The number of phenolic OH excluding ortho intramolecular Hbond substituents is 1. The van der Waals surface area contributed by atoms with Crippen molar-refractivity contribution in [2.75, 3.05) is 0 Å². The Hall–Kier alpha value is -2.33. The lowest BCUT2D eigenvalue weighted by Gasteiger charge is -2.08. The van der Waals surface area contributed by atoms with E-state index in [0.717, 1.165) is 24.2 Å². The van der Waals surface area contributed by atoms with Gasteiger partial charge in [0.15, 0.2) is 0 Å². The van der Waals surface area contributed by atoms with Crippen LogP contribution < -0.4 is 10.6 Å². The Labute approximate surface area is 123 Å². The predicted octanol–water partition coefficient (Wildman–Crippen LogP) is 2.23. The summed E-state index contributed by atoms with van der Waals surface area (Å²) in [7, 11) is 0. The van der Waals surface area contributed by atoms with Crippen molar-refractivity contribution in [3.8, 4) is 5.75 Å². The van der Waals surface area contributed by atoms with Crippen molar-refractivity contribution in [2.45, 2.75) is 26.6 Å². The van der Waals surface area contributed by atoms with Crippen LogP contribution in [0.15, 0.2) is 36.4 Å². The summed E-state index contributed by atoms with van der Waals surface area (Å²) in [5.74, 6) is -0.0322. The lowest BCUT2D eigenvalue weighted by Crippen LogP contribution is -2.22. The number of hydrogen-bond donors (Lipinski definition) is 3. The topological polar surface area (TPSA) is 61.4 Å². The standard InChI is InChI=1S/C17H18N2O2/c1-11-2-4-13(7-16(11)20)17(21)19-8-12-3-5-14-9-18-10-15(14)6-12/h2-7,18,20H,8-10H2,1H3,(H,19,21). The van der Waals surface area contributed by atoms with E-state index in [1.54, 1.807) is 19.1 Å². The highest BCUT2D eigenvalue weighted by atomic mass is 16.3. The molecule has 1 aliphatic heterocycles. The molecular weight excluding hydrogens is 264 g/mol. The van der Waals surface area contributed by atoms with Crippen molar-refractivity contribution in [2.24, 2.45) is 0 Å². The summed E-state index contributed by atoms with van der Waals surface area (Å²) >= 11 is 0. The van der Waals surface area contributed by atoms with Crippen LogP contribution >= 0.6 is 0 Å². The molecule has 0 atom stereocenters. The molecule has 0 bridgehead atoms. The molecule has 108 valence electrons. The van der Waals surface area contributed by atoms with E-state index in [1.807, 2.05) is 6.07 Å². The first kappa shape index (κ1) is 13.6. The van der Waals surface area contributed by atoms with Crippen LogP contribution in [0.25, 0.3) is 0 Å². The molecule has 4 heteroatoms. The van der Waals surface area contributed by atoms with Gasteiger partial charge in [-0.05, 0) is 41.3 Å². The SMILES string of the molecule is Cc1ccc(C(=O)NCc2ccc3c(c2)CNC3)cc1O. The summed E-state index contributed by atoms with van der Waals surface area (Å²) in [6, 6.07) is 11.2. The molecule has 0 aliphatic carbocycles. The minimum Gasteiger partial charge on any atom is -0.508 e. The molecule has 1 aliphatic rings. The fourth-order valence-electron chi connectivity index (χ4n) is 2.49. The molecule has 1 heterocycles. The molecule has 0 saturated carbocycles. The molecule has 4 nitrogen and oxygen atoms in total. The van der Waals surface area contributed by atoms with Crippen LogP contribution in [0.2, 0.25) is 0 Å². The molecule has 3 rings (SSSR count). The van der Waals surface area contributed by atoms with Crippen LogP contribution in [0.1, 0.15) is 32.6 Å². The van der Waals surface area contributed by atoms with E-state index in [-0.39, 0.29) is 11.7 Å². The van der Waals surface area contributed by atoms with Gasteiger partial charge in [-0.2, -0.15) is 0 Å². The lowest BCUT2D eigenvalue weighted by molar-refractivity contribution is 0.0950. The molecule has 0 spiro atoms. The molecule has 21 heavy (non-hydrogen) atoms. The lowest BCUT2D eigenvalue weighted by atomic mass is 10.1. The highest BCUT2D eigenvalue weighted by molar-refractivity contribution is 5.94.